The van der Waals surface area contributed by atoms with Gasteiger partial charge in [-0.05, 0) is 12.1 Å². The molecule has 3 heteroatoms. The fraction of sp³-hybridized carbons (Fsp3) is 0. The molecule has 0 amide bonds. The molecule has 0 saturated carbocycles. The lowest BCUT2D eigenvalue weighted by atomic mass is 10.1. The summed E-state index contributed by atoms with van der Waals surface area (Å²) in [5.41, 5.74) is 2.08. The van der Waals surface area contributed by atoms with Crippen molar-refractivity contribution in [2.75, 3.05) is 0 Å². The Bertz CT molecular complexity index is 700. The maximum absolute atomic E-state index is 12.1. The molecule has 3 rings (SSSR count). The summed E-state index contributed by atoms with van der Waals surface area (Å²) in [4.78, 5) is 16.3. The van der Waals surface area contributed by atoms with E-state index in [2.05, 4.69) is 4.99 Å². The summed E-state index contributed by atoms with van der Waals surface area (Å²) in [6, 6.07) is 16.3. The second kappa shape index (κ2) is 4.53. The Morgan fingerprint density at radius 1 is 0.895 bits per heavy atom. The second-order valence-corrected chi connectivity index (χ2v) is 4.23. The van der Waals surface area contributed by atoms with Crippen molar-refractivity contribution >= 4 is 23.4 Å². The molecule has 92 valence electrons. The molecular weight excluding hydrogens is 238 g/mol. The van der Waals surface area contributed by atoms with E-state index >= 15 is 0 Å². The number of benzene rings is 2. The van der Waals surface area contributed by atoms with E-state index in [1.54, 1.807) is 24.3 Å². The first kappa shape index (κ1) is 11.4. The maximum atomic E-state index is 12.1. The lowest BCUT2D eigenvalue weighted by Crippen LogP contribution is -1.99. The first-order valence-corrected chi connectivity index (χ1v) is 5.94. The van der Waals surface area contributed by atoms with Crippen LogP contribution >= 0.6 is 0 Å². The highest BCUT2D eigenvalue weighted by molar-refractivity contribution is 6.30. The van der Waals surface area contributed by atoms with Gasteiger partial charge in [0.2, 0.25) is 0 Å². The summed E-state index contributed by atoms with van der Waals surface area (Å²) in [6.45, 7) is 0. The van der Waals surface area contributed by atoms with E-state index in [9.17, 15) is 9.90 Å². The van der Waals surface area contributed by atoms with E-state index < -0.39 is 0 Å². The van der Waals surface area contributed by atoms with Gasteiger partial charge in [-0.25, -0.2) is 0 Å². The summed E-state index contributed by atoms with van der Waals surface area (Å²) < 4.78 is 0. The van der Waals surface area contributed by atoms with E-state index in [4.69, 9.17) is 0 Å². The molecule has 0 radical (unpaired) electrons. The molecule has 0 aromatic heterocycles. The Kier molecular flexibility index (Phi) is 2.72. The minimum Gasteiger partial charge on any atom is -0.506 e. The van der Waals surface area contributed by atoms with Crippen LogP contribution in [-0.2, 0) is 0 Å². The van der Waals surface area contributed by atoms with Gasteiger partial charge in [-0.1, -0.05) is 42.5 Å². The molecule has 0 bridgehead atoms. The van der Waals surface area contributed by atoms with Crippen LogP contribution in [0.2, 0.25) is 0 Å². The SMILES string of the molecule is O=C1C(C=Nc2ccccc2)=C(O)c2ccccc21. The minimum atomic E-state index is -0.187. The summed E-state index contributed by atoms with van der Waals surface area (Å²) in [5.74, 6) is -0.187. The van der Waals surface area contributed by atoms with Gasteiger partial charge in [0, 0.05) is 17.3 Å². The average Bonchev–Trinajstić information content (AvgIpc) is 2.71. The van der Waals surface area contributed by atoms with Gasteiger partial charge in [-0.2, -0.15) is 0 Å². The topological polar surface area (TPSA) is 49.7 Å². The number of ketones is 1. The van der Waals surface area contributed by atoms with Gasteiger partial charge in [0.1, 0.15) is 5.76 Å². The summed E-state index contributed by atoms with van der Waals surface area (Å²) in [6.07, 6.45) is 1.42. The van der Waals surface area contributed by atoms with Crippen LogP contribution in [0.15, 0.2) is 65.2 Å². The van der Waals surface area contributed by atoms with Crippen molar-refractivity contribution in [2.24, 2.45) is 4.99 Å². The molecule has 19 heavy (non-hydrogen) atoms. The molecular formula is C16H11NO2. The van der Waals surface area contributed by atoms with Crippen LogP contribution in [0, 0.1) is 0 Å². The van der Waals surface area contributed by atoms with Crippen LogP contribution in [0.1, 0.15) is 15.9 Å². The van der Waals surface area contributed by atoms with Gasteiger partial charge >= 0.3 is 0 Å². The number of hydrogen-bond donors (Lipinski definition) is 1. The summed E-state index contributed by atoms with van der Waals surface area (Å²) in [5, 5.41) is 10.1. The van der Waals surface area contributed by atoms with E-state index in [1.807, 2.05) is 30.3 Å². The number of aliphatic imine (C=N–C) groups is 1. The molecule has 0 fully saturated rings. The molecule has 3 nitrogen and oxygen atoms in total. The fourth-order valence-electron chi connectivity index (χ4n) is 2.06. The number of carbonyl (C=O) groups excluding carboxylic acids is 1. The van der Waals surface area contributed by atoms with Crippen molar-refractivity contribution in [3.63, 3.8) is 0 Å². The van der Waals surface area contributed by atoms with Crippen LogP contribution in [0.4, 0.5) is 5.69 Å². The Labute approximate surface area is 110 Å². The predicted molar refractivity (Wildman–Crippen MR) is 74.9 cm³/mol. The van der Waals surface area contributed by atoms with Gasteiger partial charge in [-0.15, -0.1) is 0 Å². The highest BCUT2D eigenvalue weighted by atomic mass is 16.3. The molecule has 0 heterocycles. The minimum absolute atomic E-state index is 0.000260. The van der Waals surface area contributed by atoms with Crippen molar-refractivity contribution in [3.05, 3.63) is 71.3 Å². The van der Waals surface area contributed by atoms with Gasteiger partial charge in [0.25, 0.3) is 0 Å². The highest BCUT2D eigenvalue weighted by Crippen LogP contribution is 2.30. The molecule has 0 unspecified atom stereocenters. The van der Waals surface area contributed by atoms with Crippen molar-refractivity contribution in [2.45, 2.75) is 0 Å². The Morgan fingerprint density at radius 3 is 2.21 bits per heavy atom. The quantitative estimate of drug-likeness (QED) is 0.827. The Balaban J connectivity index is 1.98. The standard InChI is InChI=1S/C16H11NO2/c18-15-12-8-4-5-9-13(12)16(19)14(15)10-17-11-6-2-1-3-7-11/h1-10,18H. The van der Waals surface area contributed by atoms with Crippen LogP contribution in [0.3, 0.4) is 0 Å². The number of fused-ring (bicyclic) bond motifs is 1. The van der Waals surface area contributed by atoms with Crippen molar-refractivity contribution in [1.29, 1.82) is 0 Å². The number of rotatable bonds is 2. The molecule has 2 aromatic rings. The first-order chi connectivity index (χ1) is 9.27. The number of Topliss-reactive ketones (excluding diaryl/α,β-unsaturated/α-hetero) is 1. The molecule has 1 aliphatic rings. The Hall–Kier alpha value is -2.68. The third-order valence-electron chi connectivity index (χ3n) is 3.03. The number of hydrogen-bond acceptors (Lipinski definition) is 3. The molecule has 0 saturated heterocycles. The molecule has 0 atom stereocenters. The first-order valence-electron chi connectivity index (χ1n) is 5.94. The van der Waals surface area contributed by atoms with Gasteiger partial charge in [0.15, 0.2) is 5.78 Å². The molecule has 0 spiro atoms. The Morgan fingerprint density at radius 2 is 1.53 bits per heavy atom. The maximum Gasteiger partial charge on any atom is 0.199 e. The second-order valence-electron chi connectivity index (χ2n) is 4.23. The largest absolute Gasteiger partial charge is 0.506 e. The van der Waals surface area contributed by atoms with Gasteiger partial charge in [-0.3, -0.25) is 9.79 Å². The smallest absolute Gasteiger partial charge is 0.199 e. The third kappa shape index (κ3) is 1.95. The lowest BCUT2D eigenvalue weighted by molar-refractivity contribution is 0.104. The number of aliphatic hydroxyl groups excluding tert-OH is 1. The van der Waals surface area contributed by atoms with E-state index in [0.29, 0.717) is 11.1 Å². The molecule has 2 aromatic carbocycles. The lowest BCUT2D eigenvalue weighted by Gasteiger charge is -1.95. The summed E-state index contributed by atoms with van der Waals surface area (Å²) >= 11 is 0. The summed E-state index contributed by atoms with van der Waals surface area (Å²) in [7, 11) is 0. The zero-order chi connectivity index (χ0) is 13.2. The van der Waals surface area contributed by atoms with Crippen molar-refractivity contribution < 1.29 is 9.90 Å². The zero-order valence-electron chi connectivity index (χ0n) is 10.1. The number of para-hydroxylation sites is 1. The molecule has 0 aliphatic heterocycles. The van der Waals surface area contributed by atoms with Gasteiger partial charge < -0.3 is 5.11 Å². The normalized spacial score (nSPS) is 14.2. The monoisotopic (exact) mass is 249 g/mol. The van der Waals surface area contributed by atoms with Crippen LogP contribution < -0.4 is 0 Å². The van der Waals surface area contributed by atoms with Crippen molar-refractivity contribution in [1.82, 2.24) is 0 Å². The number of allylic oxidation sites excluding steroid dienone is 1. The average molecular weight is 249 g/mol. The van der Waals surface area contributed by atoms with Crippen LogP contribution in [0.25, 0.3) is 5.76 Å². The third-order valence-corrected chi connectivity index (χ3v) is 3.03. The highest BCUT2D eigenvalue weighted by Gasteiger charge is 2.27. The number of nitrogens with zero attached hydrogens (tertiary/aromatic N) is 1. The van der Waals surface area contributed by atoms with E-state index in [-0.39, 0.29) is 17.1 Å². The number of aliphatic hydroxyl groups is 1. The van der Waals surface area contributed by atoms with Crippen molar-refractivity contribution in [3.8, 4) is 0 Å². The van der Waals surface area contributed by atoms with E-state index in [0.717, 1.165) is 5.69 Å². The zero-order valence-corrected chi connectivity index (χ0v) is 10.1. The fourth-order valence-corrected chi connectivity index (χ4v) is 2.06. The predicted octanol–water partition coefficient (Wildman–Crippen LogP) is 3.55. The van der Waals surface area contributed by atoms with Gasteiger partial charge in [0.05, 0.1) is 11.3 Å². The molecule has 1 aliphatic carbocycles. The molecule has 1 N–H and O–H groups in total. The van der Waals surface area contributed by atoms with Crippen LogP contribution in [-0.4, -0.2) is 17.1 Å². The number of carbonyl (C=O) groups is 1. The van der Waals surface area contributed by atoms with Crippen LogP contribution in [0.5, 0.6) is 0 Å². The van der Waals surface area contributed by atoms with E-state index in [1.165, 1.54) is 6.21 Å².